The lowest BCUT2D eigenvalue weighted by Gasteiger charge is -2.20. The van der Waals surface area contributed by atoms with E-state index in [2.05, 4.69) is 4.72 Å². The maximum Gasteiger partial charge on any atom is 0.262 e. The molecule has 0 aliphatic carbocycles. The first-order valence-electron chi connectivity index (χ1n) is 8.58. The third kappa shape index (κ3) is 4.20. The summed E-state index contributed by atoms with van der Waals surface area (Å²) in [6.07, 6.45) is 0. The van der Waals surface area contributed by atoms with E-state index in [1.165, 1.54) is 26.4 Å². The number of rotatable bonds is 7. The number of anilines is 3. The molecule has 0 aliphatic heterocycles. The van der Waals surface area contributed by atoms with Crippen LogP contribution in [0.1, 0.15) is 0 Å². The number of nitrogens with zero attached hydrogens (tertiary/aromatic N) is 1. The fourth-order valence-corrected chi connectivity index (χ4v) is 3.83. The van der Waals surface area contributed by atoms with Gasteiger partial charge in [-0.2, -0.15) is 0 Å². The van der Waals surface area contributed by atoms with Crippen molar-refractivity contribution < 1.29 is 17.9 Å². The molecular formula is C21H22N2O4S. The van der Waals surface area contributed by atoms with Crippen LogP contribution in [0, 0.1) is 0 Å². The van der Waals surface area contributed by atoms with Gasteiger partial charge in [-0.25, -0.2) is 8.42 Å². The van der Waals surface area contributed by atoms with Crippen molar-refractivity contribution in [1.82, 2.24) is 0 Å². The first kappa shape index (κ1) is 19.6. The number of sulfonamides is 1. The summed E-state index contributed by atoms with van der Waals surface area (Å²) < 4.78 is 38.3. The third-order valence-electron chi connectivity index (χ3n) is 4.32. The van der Waals surface area contributed by atoms with Crippen LogP contribution in [-0.4, -0.2) is 29.7 Å². The van der Waals surface area contributed by atoms with E-state index in [4.69, 9.17) is 9.47 Å². The summed E-state index contributed by atoms with van der Waals surface area (Å²) in [6.45, 7) is 0. The molecule has 28 heavy (non-hydrogen) atoms. The minimum atomic E-state index is -3.76. The molecule has 146 valence electrons. The van der Waals surface area contributed by atoms with E-state index >= 15 is 0 Å². The monoisotopic (exact) mass is 398 g/mol. The molecule has 0 unspecified atom stereocenters. The summed E-state index contributed by atoms with van der Waals surface area (Å²) in [5.74, 6) is 0.819. The number of ether oxygens (including phenoxy) is 2. The van der Waals surface area contributed by atoms with Gasteiger partial charge in [-0.15, -0.1) is 0 Å². The van der Waals surface area contributed by atoms with Crippen LogP contribution < -0.4 is 19.1 Å². The molecule has 0 radical (unpaired) electrons. The van der Waals surface area contributed by atoms with Gasteiger partial charge in [0.15, 0.2) is 11.5 Å². The highest BCUT2D eigenvalue weighted by Gasteiger charge is 2.17. The van der Waals surface area contributed by atoms with Gasteiger partial charge in [0.05, 0.1) is 19.1 Å². The van der Waals surface area contributed by atoms with E-state index in [9.17, 15) is 8.42 Å². The van der Waals surface area contributed by atoms with Gasteiger partial charge in [-0.3, -0.25) is 4.72 Å². The molecule has 0 saturated carbocycles. The molecule has 0 aromatic heterocycles. The number of hydrogen-bond acceptors (Lipinski definition) is 5. The minimum Gasteiger partial charge on any atom is -0.493 e. The van der Waals surface area contributed by atoms with Gasteiger partial charge in [0.2, 0.25) is 0 Å². The molecule has 0 heterocycles. The fraction of sp³-hybridized carbons (Fsp3) is 0.143. The summed E-state index contributed by atoms with van der Waals surface area (Å²) in [5, 5.41) is 0. The molecule has 3 aromatic carbocycles. The van der Waals surface area contributed by atoms with Crippen molar-refractivity contribution in [3.8, 4) is 11.5 Å². The Kier molecular flexibility index (Phi) is 5.75. The Hall–Kier alpha value is -3.19. The molecule has 6 nitrogen and oxygen atoms in total. The molecule has 0 bridgehead atoms. The highest BCUT2D eigenvalue weighted by atomic mass is 32.2. The minimum absolute atomic E-state index is 0.0932. The predicted octanol–water partition coefficient (Wildman–Crippen LogP) is 4.27. The lowest BCUT2D eigenvalue weighted by molar-refractivity contribution is 0.354. The lowest BCUT2D eigenvalue weighted by Crippen LogP contribution is -2.13. The first-order valence-corrected chi connectivity index (χ1v) is 10.1. The van der Waals surface area contributed by atoms with Crippen LogP contribution in [0.5, 0.6) is 11.5 Å². The highest BCUT2D eigenvalue weighted by molar-refractivity contribution is 7.92. The largest absolute Gasteiger partial charge is 0.493 e. The molecule has 0 fully saturated rings. The normalized spacial score (nSPS) is 11.0. The maximum atomic E-state index is 12.7. The van der Waals surface area contributed by atoms with Crippen molar-refractivity contribution in [3.05, 3.63) is 72.8 Å². The van der Waals surface area contributed by atoms with Crippen molar-refractivity contribution in [2.24, 2.45) is 0 Å². The Balaban J connectivity index is 1.80. The zero-order chi connectivity index (χ0) is 20.1. The van der Waals surface area contributed by atoms with Crippen LogP contribution in [0.4, 0.5) is 17.1 Å². The van der Waals surface area contributed by atoms with Crippen molar-refractivity contribution in [2.75, 3.05) is 30.9 Å². The standard InChI is InChI=1S/C21H22N2O4S/c1-23(17-7-5-4-6-8-17)18-11-9-16(10-12-18)22-28(24,25)19-13-14-20(26-2)21(15-19)27-3/h4-15,22H,1-3H3. The molecule has 1 N–H and O–H groups in total. The third-order valence-corrected chi connectivity index (χ3v) is 5.69. The fourth-order valence-electron chi connectivity index (χ4n) is 2.75. The van der Waals surface area contributed by atoms with Gasteiger partial charge >= 0.3 is 0 Å². The lowest BCUT2D eigenvalue weighted by atomic mass is 10.2. The van der Waals surface area contributed by atoms with Gasteiger partial charge in [-0.05, 0) is 48.5 Å². The van der Waals surface area contributed by atoms with E-state index in [0.29, 0.717) is 17.2 Å². The van der Waals surface area contributed by atoms with Crippen LogP contribution in [0.15, 0.2) is 77.7 Å². The van der Waals surface area contributed by atoms with Crippen LogP contribution in [0.3, 0.4) is 0 Å². The average molecular weight is 398 g/mol. The van der Waals surface area contributed by atoms with Crippen LogP contribution in [0.25, 0.3) is 0 Å². The average Bonchev–Trinajstić information content (AvgIpc) is 2.73. The van der Waals surface area contributed by atoms with E-state index in [0.717, 1.165) is 11.4 Å². The maximum absolute atomic E-state index is 12.7. The predicted molar refractivity (Wildman–Crippen MR) is 111 cm³/mol. The molecule has 0 spiro atoms. The van der Waals surface area contributed by atoms with Crippen molar-refractivity contribution >= 4 is 27.1 Å². The second-order valence-corrected chi connectivity index (χ2v) is 7.75. The topological polar surface area (TPSA) is 67.9 Å². The quantitative estimate of drug-likeness (QED) is 0.644. The Morgan fingerprint density at radius 1 is 0.786 bits per heavy atom. The Morgan fingerprint density at radius 2 is 1.39 bits per heavy atom. The summed E-state index contributed by atoms with van der Waals surface area (Å²) in [6, 6.07) is 21.6. The number of nitrogens with one attached hydrogen (secondary N) is 1. The van der Waals surface area contributed by atoms with Gasteiger partial charge in [0.1, 0.15) is 0 Å². The number of hydrogen-bond donors (Lipinski definition) is 1. The summed E-state index contributed by atoms with van der Waals surface area (Å²) in [4.78, 5) is 2.11. The number of benzene rings is 3. The Morgan fingerprint density at radius 3 is 2.00 bits per heavy atom. The summed E-state index contributed by atoms with van der Waals surface area (Å²) in [5.41, 5.74) is 2.46. The number of para-hydroxylation sites is 1. The molecule has 0 aliphatic rings. The molecular weight excluding hydrogens is 376 g/mol. The van der Waals surface area contributed by atoms with E-state index in [1.807, 2.05) is 54.4 Å². The highest BCUT2D eigenvalue weighted by Crippen LogP contribution is 2.30. The zero-order valence-corrected chi connectivity index (χ0v) is 16.7. The zero-order valence-electron chi connectivity index (χ0n) is 15.9. The molecule has 0 atom stereocenters. The molecule has 3 aromatic rings. The van der Waals surface area contributed by atoms with E-state index in [1.54, 1.807) is 18.2 Å². The van der Waals surface area contributed by atoms with Gasteiger partial charge in [0, 0.05) is 30.2 Å². The van der Waals surface area contributed by atoms with Gasteiger partial charge in [0.25, 0.3) is 10.0 Å². The number of methoxy groups -OCH3 is 2. The first-order chi connectivity index (χ1) is 13.4. The Bertz CT molecular complexity index is 1040. The van der Waals surface area contributed by atoms with Crippen LogP contribution in [0.2, 0.25) is 0 Å². The van der Waals surface area contributed by atoms with Crippen molar-refractivity contribution in [3.63, 3.8) is 0 Å². The second-order valence-electron chi connectivity index (χ2n) is 6.06. The smallest absolute Gasteiger partial charge is 0.262 e. The van der Waals surface area contributed by atoms with Crippen LogP contribution >= 0.6 is 0 Å². The van der Waals surface area contributed by atoms with Gasteiger partial charge in [-0.1, -0.05) is 18.2 Å². The molecule has 0 amide bonds. The van der Waals surface area contributed by atoms with E-state index in [-0.39, 0.29) is 4.90 Å². The second kappa shape index (κ2) is 8.22. The molecule has 3 rings (SSSR count). The summed E-state index contributed by atoms with van der Waals surface area (Å²) in [7, 11) is 1.16. The van der Waals surface area contributed by atoms with Crippen LogP contribution in [-0.2, 0) is 10.0 Å². The van der Waals surface area contributed by atoms with Crippen molar-refractivity contribution in [2.45, 2.75) is 4.90 Å². The van der Waals surface area contributed by atoms with E-state index < -0.39 is 10.0 Å². The Labute approximate surface area is 165 Å². The molecule has 7 heteroatoms. The van der Waals surface area contributed by atoms with Gasteiger partial charge < -0.3 is 14.4 Å². The summed E-state index contributed by atoms with van der Waals surface area (Å²) >= 11 is 0. The molecule has 0 saturated heterocycles. The SMILES string of the molecule is COc1ccc(S(=O)(=O)Nc2ccc(N(C)c3ccccc3)cc2)cc1OC. The van der Waals surface area contributed by atoms with Crippen molar-refractivity contribution in [1.29, 1.82) is 0 Å².